The van der Waals surface area contributed by atoms with E-state index in [1.54, 1.807) is 0 Å². The van der Waals surface area contributed by atoms with E-state index in [9.17, 15) is 4.79 Å². The summed E-state index contributed by atoms with van der Waals surface area (Å²) in [6, 6.07) is 1.98. The van der Waals surface area contributed by atoms with Crippen LogP contribution in [0.25, 0.3) is 0 Å². The molecule has 0 radical (unpaired) electrons. The summed E-state index contributed by atoms with van der Waals surface area (Å²) in [5.74, 6) is -0.0518. The quantitative estimate of drug-likeness (QED) is 0.728. The molecule has 0 unspecified atom stereocenters. The topological polar surface area (TPSA) is 63.4 Å². The molecule has 0 bridgehead atoms. The van der Waals surface area contributed by atoms with Crippen LogP contribution in [-0.2, 0) is 15.7 Å². The summed E-state index contributed by atoms with van der Waals surface area (Å²) in [7, 11) is -0.441. The number of rotatable bonds is 1. The highest BCUT2D eigenvalue weighted by Gasteiger charge is 2.52. The Labute approximate surface area is 113 Å². The van der Waals surface area contributed by atoms with Crippen LogP contribution in [0.3, 0.4) is 0 Å². The van der Waals surface area contributed by atoms with Gasteiger partial charge in [0.2, 0.25) is 0 Å². The van der Waals surface area contributed by atoms with E-state index in [4.69, 9.17) is 9.31 Å². The minimum Gasteiger partial charge on any atom is -0.398 e. The molecule has 1 fully saturated rings. The fourth-order valence-corrected chi connectivity index (χ4v) is 2.42. The highest BCUT2D eigenvalue weighted by molar-refractivity contribution is 6.61. The molecule has 3 heterocycles. The van der Waals surface area contributed by atoms with Crippen molar-refractivity contribution in [1.29, 1.82) is 0 Å². The van der Waals surface area contributed by atoms with Crippen LogP contribution < -0.4 is 10.9 Å². The molecule has 0 saturated carbocycles. The molecule has 3 rings (SSSR count). The van der Waals surface area contributed by atoms with Crippen molar-refractivity contribution in [2.24, 2.45) is 0 Å². The smallest absolute Gasteiger partial charge is 0.398 e. The van der Waals surface area contributed by atoms with Crippen molar-refractivity contribution in [2.75, 3.05) is 6.54 Å². The van der Waals surface area contributed by atoms with Gasteiger partial charge in [-0.25, -0.2) is 0 Å². The van der Waals surface area contributed by atoms with E-state index in [1.165, 1.54) is 0 Å². The molecule has 19 heavy (non-hydrogen) atoms. The monoisotopic (exact) mass is 262 g/mol. The summed E-state index contributed by atoms with van der Waals surface area (Å²) in [6.45, 7) is 8.75. The Morgan fingerprint density at radius 3 is 2.42 bits per heavy atom. The maximum Gasteiger partial charge on any atom is 0.512 e. The average Bonchev–Trinajstić information content (AvgIpc) is 2.80. The zero-order valence-corrected chi connectivity index (χ0v) is 11.8. The van der Waals surface area contributed by atoms with Crippen molar-refractivity contribution in [2.45, 2.75) is 45.3 Å². The fourth-order valence-electron chi connectivity index (χ4n) is 2.42. The van der Waals surface area contributed by atoms with E-state index < -0.39 is 7.12 Å². The normalized spacial score (nSPS) is 24.2. The van der Waals surface area contributed by atoms with Crippen LogP contribution in [0.4, 0.5) is 0 Å². The molecule has 1 saturated heterocycles. The predicted octanol–water partition coefficient (Wildman–Crippen LogP) is 0.600. The number of aromatic nitrogens is 1. The van der Waals surface area contributed by atoms with E-state index in [0.29, 0.717) is 12.2 Å². The Kier molecular flexibility index (Phi) is 2.60. The molecule has 1 aromatic heterocycles. The highest BCUT2D eigenvalue weighted by atomic mass is 16.7. The van der Waals surface area contributed by atoms with Crippen molar-refractivity contribution in [1.82, 2.24) is 10.3 Å². The SMILES string of the molecule is CC1(C)OB(c2cc3c([nH]2)C(=O)NCC3)OC1(C)C. The lowest BCUT2D eigenvalue weighted by molar-refractivity contribution is 0.00578. The third kappa shape index (κ3) is 1.90. The number of fused-ring (bicyclic) bond motifs is 1. The molecule has 0 spiro atoms. The summed E-state index contributed by atoms with van der Waals surface area (Å²) in [6.07, 6.45) is 0.844. The van der Waals surface area contributed by atoms with E-state index in [0.717, 1.165) is 17.6 Å². The molecule has 1 amide bonds. The van der Waals surface area contributed by atoms with Crippen molar-refractivity contribution in [3.63, 3.8) is 0 Å². The van der Waals surface area contributed by atoms with Crippen LogP contribution in [0.1, 0.15) is 43.7 Å². The minimum absolute atomic E-state index is 0.0518. The number of hydrogen-bond acceptors (Lipinski definition) is 3. The molecular formula is C13H19BN2O3. The van der Waals surface area contributed by atoms with Gasteiger partial charge in [-0.1, -0.05) is 0 Å². The van der Waals surface area contributed by atoms with Crippen LogP contribution in [-0.4, -0.2) is 35.8 Å². The Hall–Kier alpha value is -1.27. The third-order valence-corrected chi connectivity index (χ3v) is 4.33. The standard InChI is InChI=1S/C13H19BN2O3/c1-12(2)13(3,4)19-14(18-12)9-7-8-5-6-15-11(17)10(8)16-9/h7,16H,5-6H2,1-4H3,(H,15,17). The largest absolute Gasteiger partial charge is 0.512 e. The van der Waals surface area contributed by atoms with Gasteiger partial charge in [-0.15, -0.1) is 0 Å². The van der Waals surface area contributed by atoms with E-state index in [-0.39, 0.29) is 17.1 Å². The number of aromatic amines is 1. The first-order valence-corrected chi connectivity index (χ1v) is 6.66. The molecule has 2 aliphatic heterocycles. The van der Waals surface area contributed by atoms with Crippen molar-refractivity contribution < 1.29 is 14.1 Å². The number of H-pyrrole nitrogens is 1. The Balaban J connectivity index is 1.91. The second-order valence-electron chi connectivity index (χ2n) is 6.22. The molecule has 0 aromatic carbocycles. The van der Waals surface area contributed by atoms with Gasteiger partial charge in [-0.2, -0.15) is 0 Å². The molecule has 0 atom stereocenters. The summed E-state index contributed by atoms with van der Waals surface area (Å²) < 4.78 is 12.0. The van der Waals surface area contributed by atoms with Crippen LogP contribution in [0.5, 0.6) is 0 Å². The first kappa shape index (κ1) is 12.8. The van der Waals surface area contributed by atoms with E-state index in [2.05, 4.69) is 10.3 Å². The van der Waals surface area contributed by atoms with Crippen molar-refractivity contribution in [3.8, 4) is 0 Å². The van der Waals surface area contributed by atoms with Crippen molar-refractivity contribution in [3.05, 3.63) is 17.3 Å². The molecule has 5 nitrogen and oxygen atoms in total. The average molecular weight is 262 g/mol. The van der Waals surface area contributed by atoms with Crippen LogP contribution in [0, 0.1) is 0 Å². The fraction of sp³-hybridized carbons (Fsp3) is 0.615. The Morgan fingerprint density at radius 1 is 1.21 bits per heavy atom. The molecule has 6 heteroatoms. The van der Waals surface area contributed by atoms with Crippen LogP contribution in [0.2, 0.25) is 0 Å². The lowest BCUT2D eigenvalue weighted by atomic mass is 9.85. The van der Waals surface area contributed by atoms with Gasteiger partial charge < -0.3 is 19.6 Å². The lowest BCUT2D eigenvalue weighted by Gasteiger charge is -2.32. The molecule has 1 aromatic rings. The van der Waals surface area contributed by atoms with E-state index >= 15 is 0 Å². The lowest BCUT2D eigenvalue weighted by Crippen LogP contribution is -2.41. The molecule has 102 valence electrons. The minimum atomic E-state index is -0.441. The highest BCUT2D eigenvalue weighted by Crippen LogP contribution is 2.36. The third-order valence-electron chi connectivity index (χ3n) is 4.33. The molecular weight excluding hydrogens is 243 g/mol. The molecule has 2 N–H and O–H groups in total. The summed E-state index contributed by atoms with van der Waals surface area (Å²) in [5, 5.41) is 2.82. The van der Waals surface area contributed by atoms with Crippen molar-refractivity contribution >= 4 is 18.6 Å². The van der Waals surface area contributed by atoms with Gasteiger partial charge in [0.1, 0.15) is 5.69 Å². The second kappa shape index (κ2) is 3.87. The van der Waals surface area contributed by atoms with E-state index in [1.807, 2.05) is 33.8 Å². The summed E-state index contributed by atoms with van der Waals surface area (Å²) >= 11 is 0. The van der Waals surface area contributed by atoms with Gasteiger partial charge in [-0.05, 0) is 45.7 Å². The summed E-state index contributed by atoms with van der Waals surface area (Å²) in [4.78, 5) is 14.9. The maximum absolute atomic E-state index is 11.7. The Morgan fingerprint density at radius 2 is 1.84 bits per heavy atom. The Bertz CT molecular complexity index is 520. The molecule has 2 aliphatic rings. The molecule has 0 aliphatic carbocycles. The second-order valence-corrected chi connectivity index (χ2v) is 6.22. The van der Waals surface area contributed by atoms with Crippen LogP contribution in [0.15, 0.2) is 6.07 Å². The van der Waals surface area contributed by atoms with Gasteiger partial charge >= 0.3 is 7.12 Å². The first-order chi connectivity index (χ1) is 8.80. The van der Waals surface area contributed by atoms with Gasteiger partial charge in [0.15, 0.2) is 0 Å². The number of nitrogens with one attached hydrogen (secondary N) is 2. The predicted molar refractivity (Wildman–Crippen MR) is 72.5 cm³/mol. The zero-order valence-electron chi connectivity index (χ0n) is 11.8. The number of hydrogen-bond donors (Lipinski definition) is 2. The first-order valence-electron chi connectivity index (χ1n) is 6.66. The van der Waals surface area contributed by atoms with Crippen LogP contribution >= 0.6 is 0 Å². The van der Waals surface area contributed by atoms with Gasteiger partial charge in [0.05, 0.1) is 11.2 Å². The number of carbonyl (C=O) groups excluding carboxylic acids is 1. The maximum atomic E-state index is 11.7. The van der Waals surface area contributed by atoms with Gasteiger partial charge in [-0.3, -0.25) is 4.79 Å². The summed E-state index contributed by atoms with van der Waals surface area (Å²) in [5.41, 5.74) is 1.75. The number of amides is 1. The zero-order chi connectivity index (χ0) is 13.8. The van der Waals surface area contributed by atoms with Gasteiger partial charge in [0.25, 0.3) is 5.91 Å². The number of carbonyl (C=O) groups is 1. The van der Waals surface area contributed by atoms with Gasteiger partial charge in [0, 0.05) is 12.1 Å².